The predicted molar refractivity (Wildman–Crippen MR) is 46.8 cm³/mol. The lowest BCUT2D eigenvalue weighted by atomic mass is 10.2. The minimum atomic E-state index is -1.47. The SMILES string of the molecule is CSc1ccc(F)c(C(=O)O)c1O. The number of rotatable bonds is 2. The number of phenols is 1. The summed E-state index contributed by atoms with van der Waals surface area (Å²) in [5, 5.41) is 17.9. The number of benzene rings is 1. The molecule has 0 fully saturated rings. The molecule has 0 atom stereocenters. The van der Waals surface area contributed by atoms with E-state index in [-0.39, 0.29) is 0 Å². The van der Waals surface area contributed by atoms with Gasteiger partial charge in [-0.3, -0.25) is 0 Å². The average molecular weight is 202 g/mol. The van der Waals surface area contributed by atoms with Crippen LogP contribution < -0.4 is 0 Å². The first kappa shape index (κ1) is 9.85. The molecule has 0 amide bonds. The molecule has 0 aromatic heterocycles. The lowest BCUT2D eigenvalue weighted by Gasteiger charge is -2.04. The Kier molecular flexibility index (Phi) is 2.77. The van der Waals surface area contributed by atoms with Crippen molar-refractivity contribution in [2.75, 3.05) is 6.26 Å². The summed E-state index contributed by atoms with van der Waals surface area (Å²) in [6, 6.07) is 2.36. The second kappa shape index (κ2) is 3.66. The van der Waals surface area contributed by atoms with Gasteiger partial charge in [0.25, 0.3) is 0 Å². The molecular formula is C8H7FO3S. The molecule has 1 rings (SSSR count). The van der Waals surface area contributed by atoms with Gasteiger partial charge < -0.3 is 10.2 Å². The molecule has 0 aliphatic rings. The van der Waals surface area contributed by atoms with E-state index in [1.807, 2.05) is 0 Å². The van der Waals surface area contributed by atoms with Gasteiger partial charge >= 0.3 is 5.97 Å². The first-order chi connectivity index (χ1) is 6.07. The van der Waals surface area contributed by atoms with E-state index in [9.17, 15) is 14.3 Å². The molecule has 70 valence electrons. The molecule has 1 aromatic rings. The lowest BCUT2D eigenvalue weighted by molar-refractivity contribution is 0.0688. The van der Waals surface area contributed by atoms with Crippen molar-refractivity contribution >= 4 is 17.7 Å². The normalized spacial score (nSPS) is 10.0. The molecule has 0 saturated carbocycles. The van der Waals surface area contributed by atoms with Crippen LogP contribution >= 0.6 is 11.8 Å². The monoisotopic (exact) mass is 202 g/mol. The van der Waals surface area contributed by atoms with Gasteiger partial charge in [0.1, 0.15) is 17.1 Å². The van der Waals surface area contributed by atoms with Crippen LogP contribution in [0.15, 0.2) is 17.0 Å². The molecule has 2 N–H and O–H groups in total. The van der Waals surface area contributed by atoms with Gasteiger partial charge in [0.05, 0.1) is 0 Å². The molecule has 0 aliphatic heterocycles. The number of aromatic hydroxyl groups is 1. The van der Waals surface area contributed by atoms with Gasteiger partial charge in [0.2, 0.25) is 0 Å². The van der Waals surface area contributed by atoms with E-state index in [0.29, 0.717) is 4.90 Å². The average Bonchev–Trinajstić information content (AvgIpc) is 2.04. The minimum absolute atomic E-state index is 0.346. The molecule has 0 saturated heterocycles. The topological polar surface area (TPSA) is 57.5 Å². The smallest absolute Gasteiger partial charge is 0.342 e. The number of hydrogen-bond acceptors (Lipinski definition) is 3. The third-order valence-electron chi connectivity index (χ3n) is 1.52. The third-order valence-corrected chi connectivity index (χ3v) is 2.29. The quantitative estimate of drug-likeness (QED) is 0.719. The summed E-state index contributed by atoms with van der Waals surface area (Å²) in [5.74, 6) is -2.91. The Balaban J connectivity index is 3.38. The van der Waals surface area contributed by atoms with Gasteiger partial charge in [0, 0.05) is 4.90 Å². The minimum Gasteiger partial charge on any atom is -0.506 e. The zero-order chi connectivity index (χ0) is 10.0. The van der Waals surface area contributed by atoms with Crippen LogP contribution in [0.25, 0.3) is 0 Å². The van der Waals surface area contributed by atoms with Gasteiger partial charge in [-0.2, -0.15) is 0 Å². The Morgan fingerprint density at radius 3 is 2.62 bits per heavy atom. The molecule has 3 nitrogen and oxygen atoms in total. The van der Waals surface area contributed by atoms with Crippen molar-refractivity contribution in [3.05, 3.63) is 23.5 Å². The molecule has 1 aromatic carbocycles. The van der Waals surface area contributed by atoms with Gasteiger partial charge in [-0.1, -0.05) is 0 Å². The van der Waals surface area contributed by atoms with Crippen molar-refractivity contribution in [2.24, 2.45) is 0 Å². The highest BCUT2D eigenvalue weighted by Crippen LogP contribution is 2.31. The van der Waals surface area contributed by atoms with Crippen molar-refractivity contribution in [1.29, 1.82) is 0 Å². The second-order valence-electron chi connectivity index (χ2n) is 2.28. The van der Waals surface area contributed by atoms with E-state index < -0.39 is 23.1 Å². The molecular weight excluding hydrogens is 195 g/mol. The second-order valence-corrected chi connectivity index (χ2v) is 3.13. The molecule has 0 unspecified atom stereocenters. The van der Waals surface area contributed by atoms with E-state index in [2.05, 4.69) is 0 Å². The van der Waals surface area contributed by atoms with E-state index in [4.69, 9.17) is 5.11 Å². The van der Waals surface area contributed by atoms with Crippen LogP contribution in [0, 0.1) is 5.82 Å². The maximum Gasteiger partial charge on any atom is 0.342 e. The third kappa shape index (κ3) is 1.75. The highest BCUT2D eigenvalue weighted by atomic mass is 32.2. The van der Waals surface area contributed by atoms with Gasteiger partial charge in [-0.25, -0.2) is 9.18 Å². The molecule has 0 radical (unpaired) electrons. The summed E-state index contributed by atoms with van der Waals surface area (Å²) in [7, 11) is 0. The standard InChI is InChI=1S/C8H7FO3S/c1-13-5-3-2-4(9)6(7(5)10)8(11)12/h2-3,10H,1H3,(H,11,12). The van der Waals surface area contributed by atoms with E-state index in [1.54, 1.807) is 6.26 Å². The molecule has 0 spiro atoms. The van der Waals surface area contributed by atoms with Crippen LogP contribution in [0.5, 0.6) is 5.75 Å². The van der Waals surface area contributed by atoms with Crippen LogP contribution in [0.2, 0.25) is 0 Å². The van der Waals surface area contributed by atoms with Crippen molar-refractivity contribution in [1.82, 2.24) is 0 Å². The number of carbonyl (C=O) groups is 1. The Morgan fingerprint density at radius 1 is 1.54 bits per heavy atom. The van der Waals surface area contributed by atoms with Gasteiger partial charge in [0.15, 0.2) is 0 Å². The Hall–Kier alpha value is -1.23. The fourth-order valence-corrected chi connectivity index (χ4v) is 1.42. The first-order valence-corrected chi connectivity index (χ1v) is 4.59. The summed E-state index contributed by atoms with van der Waals surface area (Å²) in [4.78, 5) is 10.8. The molecule has 13 heavy (non-hydrogen) atoms. The number of aromatic carboxylic acids is 1. The maximum absolute atomic E-state index is 12.9. The van der Waals surface area contributed by atoms with Gasteiger partial charge in [-0.15, -0.1) is 11.8 Å². The Labute approximate surface area is 78.2 Å². The van der Waals surface area contributed by atoms with Gasteiger partial charge in [-0.05, 0) is 18.4 Å². The van der Waals surface area contributed by atoms with Crippen molar-refractivity contribution in [2.45, 2.75) is 4.90 Å². The van der Waals surface area contributed by atoms with Crippen LogP contribution in [0.3, 0.4) is 0 Å². The molecule has 0 aliphatic carbocycles. The predicted octanol–water partition coefficient (Wildman–Crippen LogP) is 1.95. The molecule has 0 bridgehead atoms. The number of carboxylic acids is 1. The van der Waals surface area contributed by atoms with Crippen LogP contribution in [0.1, 0.15) is 10.4 Å². The molecule has 5 heteroatoms. The zero-order valence-corrected chi connectivity index (χ0v) is 7.56. The summed E-state index contributed by atoms with van der Waals surface area (Å²) in [5.41, 5.74) is -0.674. The summed E-state index contributed by atoms with van der Waals surface area (Å²) in [6.07, 6.45) is 1.67. The van der Waals surface area contributed by atoms with Crippen molar-refractivity contribution < 1.29 is 19.4 Å². The molecule has 0 heterocycles. The first-order valence-electron chi connectivity index (χ1n) is 3.36. The zero-order valence-electron chi connectivity index (χ0n) is 6.74. The summed E-state index contributed by atoms with van der Waals surface area (Å²) in [6.45, 7) is 0. The highest BCUT2D eigenvalue weighted by Gasteiger charge is 2.18. The Bertz CT molecular complexity index is 351. The number of hydrogen-bond donors (Lipinski definition) is 2. The Morgan fingerprint density at radius 2 is 2.15 bits per heavy atom. The van der Waals surface area contributed by atoms with E-state index in [0.717, 1.165) is 17.8 Å². The number of thioether (sulfide) groups is 1. The van der Waals surface area contributed by atoms with E-state index in [1.165, 1.54) is 6.07 Å². The van der Waals surface area contributed by atoms with E-state index >= 15 is 0 Å². The highest BCUT2D eigenvalue weighted by molar-refractivity contribution is 7.98. The fourth-order valence-electron chi connectivity index (χ4n) is 0.916. The summed E-state index contributed by atoms with van der Waals surface area (Å²) < 4.78 is 12.9. The van der Waals surface area contributed by atoms with Crippen molar-refractivity contribution in [3.8, 4) is 5.75 Å². The number of carboxylic acid groups (broad SMARTS) is 1. The largest absolute Gasteiger partial charge is 0.506 e. The number of halogens is 1. The van der Waals surface area contributed by atoms with Crippen LogP contribution in [-0.4, -0.2) is 22.4 Å². The van der Waals surface area contributed by atoms with Crippen molar-refractivity contribution in [3.63, 3.8) is 0 Å². The summed E-state index contributed by atoms with van der Waals surface area (Å²) >= 11 is 1.16. The van der Waals surface area contributed by atoms with Crippen LogP contribution in [0.4, 0.5) is 4.39 Å². The fraction of sp³-hybridized carbons (Fsp3) is 0.125. The maximum atomic E-state index is 12.9. The lowest BCUT2D eigenvalue weighted by Crippen LogP contribution is -2.01. The van der Waals surface area contributed by atoms with Crippen LogP contribution in [-0.2, 0) is 0 Å².